The van der Waals surface area contributed by atoms with Gasteiger partial charge in [0.15, 0.2) is 5.65 Å². The van der Waals surface area contributed by atoms with Gasteiger partial charge in [-0.3, -0.25) is 23.7 Å². The Morgan fingerprint density at radius 1 is 1.10 bits per heavy atom. The highest BCUT2D eigenvalue weighted by molar-refractivity contribution is 9.10. The van der Waals surface area contributed by atoms with E-state index < -0.39 is 0 Å². The van der Waals surface area contributed by atoms with E-state index in [1.807, 2.05) is 33.7 Å². The van der Waals surface area contributed by atoms with Crippen LogP contribution in [-0.2, 0) is 4.79 Å². The van der Waals surface area contributed by atoms with Crippen molar-refractivity contribution in [3.8, 4) is 0 Å². The fourth-order valence-electron chi connectivity index (χ4n) is 4.38. The summed E-state index contributed by atoms with van der Waals surface area (Å²) in [7, 11) is 0. The second kappa shape index (κ2) is 7.88. The van der Waals surface area contributed by atoms with Gasteiger partial charge < -0.3 is 4.90 Å². The highest BCUT2D eigenvalue weighted by atomic mass is 79.9. The number of piperidine rings is 1. The predicted molar refractivity (Wildman–Crippen MR) is 116 cm³/mol. The molecule has 1 unspecified atom stereocenters. The lowest BCUT2D eigenvalue weighted by atomic mass is 9.97. The van der Waals surface area contributed by atoms with Crippen LogP contribution in [0.25, 0.3) is 5.65 Å². The molecule has 5 rings (SSSR count). The predicted octanol–water partition coefficient (Wildman–Crippen LogP) is 2.88. The van der Waals surface area contributed by atoms with Crippen molar-refractivity contribution in [3.63, 3.8) is 0 Å². The summed E-state index contributed by atoms with van der Waals surface area (Å²) in [5.41, 5.74) is 1.55. The lowest BCUT2D eigenvalue weighted by molar-refractivity contribution is -0.132. The van der Waals surface area contributed by atoms with Gasteiger partial charge in [-0.05, 0) is 43.2 Å². The highest BCUT2D eigenvalue weighted by Gasteiger charge is 2.36. The molecule has 2 aliphatic rings. The second-order valence-electron chi connectivity index (χ2n) is 7.87. The molecule has 0 bridgehead atoms. The smallest absolute Gasteiger partial charge is 0.261 e. The number of imide groups is 1. The molecule has 4 heterocycles. The molecule has 31 heavy (non-hydrogen) atoms. The molecule has 0 radical (unpaired) electrons. The van der Waals surface area contributed by atoms with E-state index in [-0.39, 0.29) is 36.6 Å². The SMILES string of the molecule is O=C(CCN1C(=O)c2ccc(Br)cc2C1=O)N1CCCC(c2nnc3ccccn23)C1. The molecule has 0 aliphatic carbocycles. The van der Waals surface area contributed by atoms with Crippen LogP contribution in [0.2, 0.25) is 0 Å². The third-order valence-corrected chi connectivity index (χ3v) is 6.45. The quantitative estimate of drug-likeness (QED) is 0.534. The van der Waals surface area contributed by atoms with Crippen LogP contribution in [0.4, 0.5) is 0 Å². The number of halogens is 1. The highest BCUT2D eigenvalue weighted by Crippen LogP contribution is 2.28. The number of fused-ring (bicyclic) bond motifs is 2. The number of benzene rings is 1. The fourth-order valence-corrected chi connectivity index (χ4v) is 4.75. The van der Waals surface area contributed by atoms with Crippen LogP contribution in [0.5, 0.6) is 0 Å². The maximum atomic E-state index is 12.9. The lowest BCUT2D eigenvalue weighted by Crippen LogP contribution is -2.41. The first-order valence-corrected chi connectivity index (χ1v) is 11.1. The van der Waals surface area contributed by atoms with E-state index in [1.165, 1.54) is 4.90 Å². The number of pyridine rings is 1. The van der Waals surface area contributed by atoms with Crippen LogP contribution in [0.3, 0.4) is 0 Å². The van der Waals surface area contributed by atoms with Crippen LogP contribution in [-0.4, -0.2) is 61.8 Å². The second-order valence-corrected chi connectivity index (χ2v) is 8.78. The summed E-state index contributed by atoms with van der Waals surface area (Å²) in [6, 6.07) is 10.8. The van der Waals surface area contributed by atoms with E-state index in [9.17, 15) is 14.4 Å². The molecule has 0 N–H and O–H groups in total. The number of aromatic nitrogens is 3. The van der Waals surface area contributed by atoms with Gasteiger partial charge in [0.2, 0.25) is 5.91 Å². The molecule has 3 aromatic rings. The van der Waals surface area contributed by atoms with Crippen molar-refractivity contribution in [2.75, 3.05) is 19.6 Å². The molecule has 1 aromatic carbocycles. The minimum atomic E-state index is -0.347. The number of hydrogen-bond acceptors (Lipinski definition) is 5. The number of likely N-dealkylation sites (tertiary alicyclic amines) is 1. The summed E-state index contributed by atoms with van der Waals surface area (Å²) in [6.07, 6.45) is 3.86. The summed E-state index contributed by atoms with van der Waals surface area (Å²) in [5.74, 6) is 0.217. The number of hydrogen-bond donors (Lipinski definition) is 0. The molecular formula is C22H20BrN5O3. The third-order valence-electron chi connectivity index (χ3n) is 5.96. The molecule has 158 valence electrons. The molecule has 1 saturated heterocycles. The molecule has 1 atom stereocenters. The van der Waals surface area contributed by atoms with Gasteiger partial charge >= 0.3 is 0 Å². The molecule has 3 amide bonds. The maximum absolute atomic E-state index is 12.9. The normalized spacial score (nSPS) is 18.7. The van der Waals surface area contributed by atoms with E-state index in [0.717, 1.165) is 28.8 Å². The van der Waals surface area contributed by atoms with Crippen LogP contribution in [0.1, 0.15) is 51.7 Å². The van der Waals surface area contributed by atoms with Gasteiger partial charge in [-0.1, -0.05) is 22.0 Å². The summed E-state index contributed by atoms with van der Waals surface area (Å²) in [5, 5.41) is 8.56. The first-order chi connectivity index (χ1) is 15.0. The summed E-state index contributed by atoms with van der Waals surface area (Å²) in [4.78, 5) is 41.1. The summed E-state index contributed by atoms with van der Waals surface area (Å²) in [6.45, 7) is 1.31. The van der Waals surface area contributed by atoms with Gasteiger partial charge in [0, 0.05) is 42.6 Å². The summed E-state index contributed by atoms with van der Waals surface area (Å²) < 4.78 is 2.71. The number of nitrogens with zero attached hydrogens (tertiary/aromatic N) is 5. The number of rotatable bonds is 4. The molecule has 0 saturated carbocycles. The van der Waals surface area contributed by atoms with E-state index in [4.69, 9.17) is 0 Å². The van der Waals surface area contributed by atoms with Crippen LogP contribution in [0, 0.1) is 0 Å². The fraction of sp³-hybridized carbons (Fsp3) is 0.318. The molecular weight excluding hydrogens is 462 g/mol. The maximum Gasteiger partial charge on any atom is 0.261 e. The average Bonchev–Trinajstić information content (AvgIpc) is 3.32. The van der Waals surface area contributed by atoms with Crippen molar-refractivity contribution in [2.45, 2.75) is 25.2 Å². The molecule has 8 nitrogen and oxygen atoms in total. The average molecular weight is 482 g/mol. The Morgan fingerprint density at radius 2 is 1.94 bits per heavy atom. The lowest BCUT2D eigenvalue weighted by Gasteiger charge is -2.32. The Hall–Kier alpha value is -3.07. The van der Waals surface area contributed by atoms with Gasteiger partial charge in [0.1, 0.15) is 5.82 Å². The molecule has 0 spiro atoms. The minimum Gasteiger partial charge on any atom is -0.342 e. The van der Waals surface area contributed by atoms with Crippen molar-refractivity contribution in [2.24, 2.45) is 0 Å². The van der Waals surface area contributed by atoms with Gasteiger partial charge in [-0.15, -0.1) is 10.2 Å². The van der Waals surface area contributed by atoms with Crippen LogP contribution >= 0.6 is 15.9 Å². The van der Waals surface area contributed by atoms with E-state index >= 15 is 0 Å². The van der Waals surface area contributed by atoms with Crippen molar-refractivity contribution < 1.29 is 14.4 Å². The van der Waals surface area contributed by atoms with Gasteiger partial charge in [-0.2, -0.15) is 0 Å². The Bertz CT molecular complexity index is 1210. The van der Waals surface area contributed by atoms with E-state index in [2.05, 4.69) is 26.1 Å². The summed E-state index contributed by atoms with van der Waals surface area (Å²) >= 11 is 3.33. The van der Waals surface area contributed by atoms with Crippen molar-refractivity contribution in [3.05, 3.63) is 64.0 Å². The van der Waals surface area contributed by atoms with E-state index in [1.54, 1.807) is 18.2 Å². The largest absolute Gasteiger partial charge is 0.342 e. The first-order valence-electron chi connectivity index (χ1n) is 10.3. The van der Waals surface area contributed by atoms with Crippen LogP contribution < -0.4 is 0 Å². The van der Waals surface area contributed by atoms with Crippen LogP contribution in [0.15, 0.2) is 47.1 Å². The Labute approximate surface area is 187 Å². The zero-order chi connectivity index (χ0) is 21.5. The first kappa shape index (κ1) is 19.9. The Morgan fingerprint density at radius 3 is 2.81 bits per heavy atom. The zero-order valence-corrected chi connectivity index (χ0v) is 18.3. The zero-order valence-electron chi connectivity index (χ0n) is 16.7. The standard InChI is InChI=1S/C22H20BrN5O3/c23-15-6-7-16-17(12-15)22(31)28(21(16)30)11-8-19(29)26-9-3-4-14(13-26)20-25-24-18-5-1-2-10-27(18)20/h1-2,5-7,10,12,14H,3-4,8-9,11,13H2. The Balaban J connectivity index is 1.25. The topological polar surface area (TPSA) is 87.9 Å². The van der Waals surface area contributed by atoms with Gasteiger partial charge in [0.25, 0.3) is 11.8 Å². The van der Waals surface area contributed by atoms with E-state index in [0.29, 0.717) is 24.2 Å². The Kier molecular flexibility index (Phi) is 5.05. The van der Waals surface area contributed by atoms with Crippen molar-refractivity contribution >= 4 is 39.3 Å². The molecule has 2 aliphatic heterocycles. The monoisotopic (exact) mass is 481 g/mol. The number of carbonyl (C=O) groups is 3. The van der Waals surface area contributed by atoms with Crippen molar-refractivity contribution in [1.82, 2.24) is 24.4 Å². The third kappa shape index (κ3) is 3.52. The molecule has 9 heteroatoms. The van der Waals surface area contributed by atoms with Gasteiger partial charge in [-0.25, -0.2) is 0 Å². The molecule has 1 fully saturated rings. The number of amides is 3. The number of carbonyl (C=O) groups excluding carboxylic acids is 3. The molecule has 2 aromatic heterocycles. The van der Waals surface area contributed by atoms with Crippen molar-refractivity contribution in [1.29, 1.82) is 0 Å². The minimum absolute atomic E-state index is 0.0590. The van der Waals surface area contributed by atoms with Gasteiger partial charge in [0.05, 0.1) is 11.1 Å².